The maximum atomic E-state index is 12.5. The van der Waals surface area contributed by atoms with Crippen LogP contribution in [0, 0.1) is 6.92 Å². The topological polar surface area (TPSA) is 76.9 Å². The first-order valence-electron chi connectivity index (χ1n) is 8.49. The van der Waals surface area contributed by atoms with Crippen molar-refractivity contribution in [1.82, 2.24) is 14.8 Å². The Hall–Kier alpha value is -3.03. The van der Waals surface area contributed by atoms with Gasteiger partial charge in [0.25, 0.3) is 0 Å². The van der Waals surface area contributed by atoms with E-state index in [1.807, 2.05) is 19.1 Å². The molecule has 2 aromatic carbocycles. The Morgan fingerprint density at radius 3 is 2.71 bits per heavy atom. The summed E-state index contributed by atoms with van der Waals surface area (Å²) >= 11 is 7.34. The van der Waals surface area contributed by atoms with Gasteiger partial charge in [0.15, 0.2) is 5.13 Å². The van der Waals surface area contributed by atoms with Crippen LogP contribution in [0.5, 0.6) is 0 Å². The second-order valence-corrected chi connectivity index (χ2v) is 7.80. The van der Waals surface area contributed by atoms with Crippen LogP contribution in [-0.2, 0) is 11.3 Å². The summed E-state index contributed by atoms with van der Waals surface area (Å²) in [5, 5.41) is 8.59. The van der Waals surface area contributed by atoms with E-state index in [0.717, 1.165) is 16.1 Å². The molecule has 0 aliphatic rings. The van der Waals surface area contributed by atoms with Crippen LogP contribution in [0.15, 0.2) is 59.5 Å². The zero-order chi connectivity index (χ0) is 19.7. The average Bonchev–Trinajstić information content (AvgIpc) is 3.05. The first-order valence-corrected chi connectivity index (χ1v) is 9.69. The molecular formula is C20H15ClN4O2S. The predicted octanol–water partition coefficient (Wildman–Crippen LogP) is 4.12. The lowest BCUT2D eigenvalue weighted by atomic mass is 10.1. The minimum atomic E-state index is -0.266. The lowest BCUT2D eigenvalue weighted by Gasteiger charge is -2.08. The Morgan fingerprint density at radius 1 is 1.18 bits per heavy atom. The van der Waals surface area contributed by atoms with Gasteiger partial charge in [0.2, 0.25) is 11.3 Å². The number of halogens is 1. The normalized spacial score (nSPS) is 10.9. The zero-order valence-electron chi connectivity index (χ0n) is 14.8. The summed E-state index contributed by atoms with van der Waals surface area (Å²) in [6, 6.07) is 14.5. The van der Waals surface area contributed by atoms with Crippen molar-refractivity contribution in [3.8, 4) is 11.3 Å². The van der Waals surface area contributed by atoms with Crippen molar-refractivity contribution in [2.75, 3.05) is 5.32 Å². The minimum absolute atomic E-state index is 0.0182. The van der Waals surface area contributed by atoms with Gasteiger partial charge in [0, 0.05) is 20.8 Å². The van der Waals surface area contributed by atoms with Crippen LogP contribution in [-0.4, -0.2) is 20.7 Å². The molecule has 0 bridgehead atoms. The van der Waals surface area contributed by atoms with Gasteiger partial charge in [0.1, 0.15) is 6.54 Å². The molecular weight excluding hydrogens is 396 g/mol. The van der Waals surface area contributed by atoms with Crippen LogP contribution in [0.25, 0.3) is 22.2 Å². The fourth-order valence-corrected chi connectivity index (χ4v) is 3.89. The number of anilines is 1. The number of amides is 1. The third-order valence-electron chi connectivity index (χ3n) is 4.22. The Labute approximate surface area is 169 Å². The highest BCUT2D eigenvalue weighted by atomic mass is 35.5. The number of hydrogen-bond donors (Lipinski definition) is 1. The van der Waals surface area contributed by atoms with E-state index < -0.39 is 0 Å². The lowest BCUT2D eigenvalue weighted by Crippen LogP contribution is -2.22. The second kappa shape index (κ2) is 7.53. The molecule has 1 N–H and O–H groups in total. The number of nitrogens with zero attached hydrogens (tertiary/aromatic N) is 3. The number of carbonyl (C=O) groups excluding carboxylic acids is 1. The molecule has 6 nitrogen and oxygen atoms in total. The molecule has 4 aromatic rings. The van der Waals surface area contributed by atoms with E-state index in [-0.39, 0.29) is 17.9 Å². The van der Waals surface area contributed by atoms with Crippen LogP contribution < -0.4 is 10.7 Å². The molecule has 1 amide bonds. The largest absolute Gasteiger partial charge is 0.300 e. The Morgan fingerprint density at radius 2 is 1.93 bits per heavy atom. The molecule has 0 aliphatic carbocycles. The highest BCUT2D eigenvalue weighted by Crippen LogP contribution is 2.31. The van der Waals surface area contributed by atoms with Gasteiger partial charge in [0.05, 0.1) is 17.4 Å². The van der Waals surface area contributed by atoms with Crippen molar-refractivity contribution in [2.24, 2.45) is 0 Å². The summed E-state index contributed by atoms with van der Waals surface area (Å²) in [4.78, 5) is 29.9. The van der Waals surface area contributed by atoms with Gasteiger partial charge in [-0.2, -0.15) is 5.10 Å². The van der Waals surface area contributed by atoms with Gasteiger partial charge in [-0.1, -0.05) is 35.9 Å². The molecule has 0 radical (unpaired) electrons. The van der Waals surface area contributed by atoms with Crippen LogP contribution in [0.2, 0.25) is 5.02 Å². The van der Waals surface area contributed by atoms with E-state index in [1.54, 1.807) is 36.4 Å². The van der Waals surface area contributed by atoms with E-state index in [4.69, 9.17) is 11.6 Å². The van der Waals surface area contributed by atoms with E-state index in [9.17, 15) is 9.59 Å². The number of thiazole rings is 1. The Balaban J connectivity index is 1.55. The molecule has 0 spiro atoms. The van der Waals surface area contributed by atoms with Crippen molar-refractivity contribution < 1.29 is 4.79 Å². The minimum Gasteiger partial charge on any atom is -0.300 e. The van der Waals surface area contributed by atoms with E-state index in [1.165, 1.54) is 22.2 Å². The van der Waals surface area contributed by atoms with Crippen LogP contribution in [0.1, 0.15) is 4.88 Å². The molecule has 8 heteroatoms. The summed E-state index contributed by atoms with van der Waals surface area (Å²) in [5.41, 5.74) is 2.19. The summed E-state index contributed by atoms with van der Waals surface area (Å²) in [7, 11) is 0. The molecule has 0 saturated carbocycles. The number of aromatic nitrogens is 3. The standard InChI is InChI=1S/C20H15ClN4O2S/c1-12-19(13-6-8-14(21)9-7-13)24-20(28-12)23-18(27)11-25-16-5-3-2-4-15(16)17(26)10-22-25/h2-10H,11H2,1H3,(H,23,24,27). The maximum absolute atomic E-state index is 12.5. The average molecular weight is 411 g/mol. The monoisotopic (exact) mass is 410 g/mol. The van der Waals surface area contributed by atoms with Gasteiger partial charge in [-0.3, -0.25) is 14.3 Å². The van der Waals surface area contributed by atoms with Crippen LogP contribution in [0.4, 0.5) is 5.13 Å². The molecule has 4 rings (SSSR count). The summed E-state index contributed by atoms with van der Waals surface area (Å²) in [5.74, 6) is -0.266. The van der Waals surface area contributed by atoms with Gasteiger partial charge in [-0.25, -0.2) is 4.98 Å². The fraction of sp³-hybridized carbons (Fsp3) is 0.100. The van der Waals surface area contributed by atoms with E-state index in [2.05, 4.69) is 15.4 Å². The van der Waals surface area contributed by atoms with Crippen molar-refractivity contribution in [2.45, 2.75) is 13.5 Å². The highest BCUT2D eigenvalue weighted by Gasteiger charge is 2.13. The second-order valence-electron chi connectivity index (χ2n) is 6.16. The third kappa shape index (κ3) is 3.67. The fourth-order valence-electron chi connectivity index (χ4n) is 2.91. The highest BCUT2D eigenvalue weighted by molar-refractivity contribution is 7.16. The van der Waals surface area contributed by atoms with Gasteiger partial charge < -0.3 is 5.32 Å². The smallest absolute Gasteiger partial charge is 0.247 e. The summed E-state index contributed by atoms with van der Waals surface area (Å²) < 4.78 is 1.51. The zero-order valence-corrected chi connectivity index (χ0v) is 16.4. The number of para-hydroxylation sites is 1. The molecule has 0 unspecified atom stereocenters. The number of carbonyl (C=O) groups is 1. The van der Waals surface area contributed by atoms with Crippen molar-refractivity contribution >= 4 is 44.9 Å². The quantitative estimate of drug-likeness (QED) is 0.549. The number of aryl methyl sites for hydroxylation is 1. The van der Waals surface area contributed by atoms with Crippen molar-refractivity contribution in [1.29, 1.82) is 0 Å². The molecule has 2 heterocycles. The number of benzene rings is 2. The van der Waals surface area contributed by atoms with E-state index in [0.29, 0.717) is 21.1 Å². The molecule has 2 aromatic heterocycles. The van der Waals surface area contributed by atoms with Crippen molar-refractivity contribution in [3.05, 3.63) is 74.9 Å². The predicted molar refractivity (Wildman–Crippen MR) is 112 cm³/mol. The van der Waals surface area contributed by atoms with Crippen LogP contribution in [0.3, 0.4) is 0 Å². The Bertz CT molecular complexity index is 1230. The third-order valence-corrected chi connectivity index (χ3v) is 5.35. The summed E-state index contributed by atoms with van der Waals surface area (Å²) in [6.45, 7) is 1.93. The molecule has 0 saturated heterocycles. The molecule has 28 heavy (non-hydrogen) atoms. The van der Waals surface area contributed by atoms with Crippen molar-refractivity contribution in [3.63, 3.8) is 0 Å². The first-order chi connectivity index (χ1) is 13.5. The van der Waals surface area contributed by atoms with Gasteiger partial charge in [-0.05, 0) is 31.2 Å². The lowest BCUT2D eigenvalue weighted by molar-refractivity contribution is -0.116. The molecule has 140 valence electrons. The van der Waals surface area contributed by atoms with Gasteiger partial charge >= 0.3 is 0 Å². The Kier molecular flexibility index (Phi) is 4.93. The molecule has 0 atom stereocenters. The summed E-state index contributed by atoms with van der Waals surface area (Å²) in [6.07, 6.45) is 1.22. The number of hydrogen-bond acceptors (Lipinski definition) is 5. The number of rotatable bonds is 4. The maximum Gasteiger partial charge on any atom is 0.247 e. The number of nitrogens with one attached hydrogen (secondary N) is 1. The molecule has 0 fully saturated rings. The van der Waals surface area contributed by atoms with Crippen LogP contribution >= 0.6 is 22.9 Å². The van der Waals surface area contributed by atoms with Gasteiger partial charge in [-0.15, -0.1) is 11.3 Å². The van der Waals surface area contributed by atoms with E-state index >= 15 is 0 Å². The first kappa shape index (κ1) is 18.3. The SMILES string of the molecule is Cc1sc(NC(=O)Cn2ncc(=O)c3ccccc32)nc1-c1ccc(Cl)cc1. The molecule has 0 aliphatic heterocycles. The number of fused-ring (bicyclic) bond motifs is 1.